The molecule has 2 aliphatic rings. The van der Waals surface area contributed by atoms with Crippen LogP contribution in [-0.2, 0) is 4.74 Å². The quantitative estimate of drug-likeness (QED) is 0.672. The summed E-state index contributed by atoms with van der Waals surface area (Å²) in [5.41, 5.74) is 0.726. The van der Waals surface area contributed by atoms with Gasteiger partial charge in [-0.05, 0) is 67.5 Å². The van der Waals surface area contributed by atoms with Crippen molar-refractivity contribution in [1.29, 1.82) is 0 Å². The minimum Gasteiger partial charge on any atom is -0.379 e. The molecule has 0 aliphatic carbocycles. The first-order chi connectivity index (χ1) is 9.21. The summed E-state index contributed by atoms with van der Waals surface area (Å²) in [6.45, 7) is 20.2. The van der Waals surface area contributed by atoms with Crippen LogP contribution < -0.4 is 0 Å². The van der Waals surface area contributed by atoms with E-state index in [1.54, 1.807) is 0 Å². The zero-order chi connectivity index (χ0) is 15.2. The van der Waals surface area contributed by atoms with Crippen LogP contribution >= 0.6 is 0 Å². The van der Waals surface area contributed by atoms with Gasteiger partial charge in [-0.1, -0.05) is 13.8 Å². The minimum absolute atomic E-state index is 0. The zero-order valence-corrected chi connectivity index (χ0v) is 14.7. The summed E-state index contributed by atoms with van der Waals surface area (Å²) in [7, 11) is 0. The van der Waals surface area contributed by atoms with Gasteiger partial charge in [0.15, 0.2) is 0 Å². The van der Waals surface area contributed by atoms with Gasteiger partial charge in [0.05, 0.1) is 13.2 Å². The van der Waals surface area contributed by atoms with E-state index >= 15 is 0 Å². The van der Waals surface area contributed by atoms with Gasteiger partial charge in [-0.2, -0.15) is 0 Å². The summed E-state index contributed by atoms with van der Waals surface area (Å²) >= 11 is 0. The van der Waals surface area contributed by atoms with Gasteiger partial charge in [0.1, 0.15) is 0 Å². The summed E-state index contributed by atoms with van der Waals surface area (Å²) in [6.07, 6.45) is 4.24. The Bertz CT molecular complexity index is 225. The van der Waals surface area contributed by atoms with Crippen LogP contribution in [0.5, 0.6) is 0 Å². The monoisotopic (exact) mass is 300 g/mol. The molecule has 3 nitrogen and oxygen atoms in total. The number of likely N-dealkylation sites (tertiary alicyclic amines) is 1. The van der Waals surface area contributed by atoms with Crippen molar-refractivity contribution in [2.75, 3.05) is 39.4 Å². The maximum atomic E-state index is 5.25. The number of hydrogen-bond acceptors (Lipinski definition) is 3. The van der Waals surface area contributed by atoms with Crippen LogP contribution in [0.3, 0.4) is 0 Å². The van der Waals surface area contributed by atoms with Crippen molar-refractivity contribution < 1.29 is 4.74 Å². The second-order valence-corrected chi connectivity index (χ2v) is 7.99. The SMILES string of the molecule is C.CC(C)(C)N1CCCCC1.CC(C)(C)N1CCOCC1. The minimum atomic E-state index is 0. The van der Waals surface area contributed by atoms with E-state index in [1.807, 2.05) is 0 Å². The fraction of sp³-hybridized carbons (Fsp3) is 1.00. The summed E-state index contributed by atoms with van der Waals surface area (Å²) in [4.78, 5) is 5.03. The topological polar surface area (TPSA) is 15.7 Å². The number of piperidine rings is 1. The summed E-state index contributed by atoms with van der Waals surface area (Å²) < 4.78 is 5.25. The first kappa shape index (κ1) is 20.9. The van der Waals surface area contributed by atoms with E-state index in [1.165, 1.54) is 32.4 Å². The molecule has 0 atom stereocenters. The van der Waals surface area contributed by atoms with Crippen LogP contribution in [0.25, 0.3) is 0 Å². The molecule has 0 N–H and O–H groups in total. The number of hydrogen-bond donors (Lipinski definition) is 0. The van der Waals surface area contributed by atoms with Crippen LogP contribution in [-0.4, -0.2) is 60.3 Å². The van der Waals surface area contributed by atoms with Crippen molar-refractivity contribution >= 4 is 0 Å². The van der Waals surface area contributed by atoms with Gasteiger partial charge in [0, 0.05) is 24.2 Å². The maximum Gasteiger partial charge on any atom is 0.0594 e. The second kappa shape index (κ2) is 9.12. The lowest BCUT2D eigenvalue weighted by molar-refractivity contribution is -0.00389. The highest BCUT2D eigenvalue weighted by atomic mass is 16.5. The Labute approximate surface area is 134 Å². The van der Waals surface area contributed by atoms with Crippen LogP contribution in [0.15, 0.2) is 0 Å². The van der Waals surface area contributed by atoms with Crippen molar-refractivity contribution in [3.05, 3.63) is 0 Å². The Hall–Kier alpha value is -0.120. The van der Waals surface area contributed by atoms with Gasteiger partial charge in [0.25, 0.3) is 0 Å². The van der Waals surface area contributed by atoms with E-state index in [9.17, 15) is 0 Å². The molecule has 0 spiro atoms. The number of rotatable bonds is 0. The molecule has 0 radical (unpaired) electrons. The standard InChI is InChI=1S/C9H19N.C8H17NO.CH4/c1-9(2,3)10-7-5-4-6-8-10;1-8(2,3)9-4-6-10-7-5-9;/h4-8H2,1-3H3;4-7H2,1-3H3;1H4. The van der Waals surface area contributed by atoms with Gasteiger partial charge < -0.3 is 4.74 Å². The molecule has 0 aromatic carbocycles. The van der Waals surface area contributed by atoms with Crippen molar-refractivity contribution in [2.24, 2.45) is 0 Å². The first-order valence-corrected chi connectivity index (χ1v) is 8.29. The molecule has 0 amide bonds. The average molecular weight is 301 g/mol. The van der Waals surface area contributed by atoms with Gasteiger partial charge in [-0.3, -0.25) is 9.80 Å². The van der Waals surface area contributed by atoms with Crippen LogP contribution in [0.1, 0.15) is 68.2 Å². The zero-order valence-electron chi connectivity index (χ0n) is 14.7. The molecular formula is C18H40N2O. The van der Waals surface area contributed by atoms with E-state index in [0.29, 0.717) is 11.1 Å². The first-order valence-electron chi connectivity index (χ1n) is 8.29. The molecule has 128 valence electrons. The van der Waals surface area contributed by atoms with E-state index in [0.717, 1.165) is 26.3 Å². The lowest BCUT2D eigenvalue weighted by atomic mass is 10.0. The fourth-order valence-electron chi connectivity index (χ4n) is 2.80. The lowest BCUT2D eigenvalue weighted by Crippen LogP contribution is -2.47. The molecule has 0 saturated carbocycles. The molecule has 0 bridgehead atoms. The Morgan fingerprint density at radius 2 is 1.00 bits per heavy atom. The van der Waals surface area contributed by atoms with Gasteiger partial charge in [0.2, 0.25) is 0 Å². The molecule has 2 aliphatic heterocycles. The van der Waals surface area contributed by atoms with Crippen LogP contribution in [0.2, 0.25) is 0 Å². The van der Waals surface area contributed by atoms with E-state index in [4.69, 9.17) is 4.74 Å². The molecule has 0 unspecified atom stereocenters. The Morgan fingerprint density at radius 3 is 1.29 bits per heavy atom. The fourth-order valence-corrected chi connectivity index (χ4v) is 2.80. The Balaban J connectivity index is 0.000000364. The van der Waals surface area contributed by atoms with Gasteiger partial charge in [-0.25, -0.2) is 0 Å². The summed E-state index contributed by atoms with van der Waals surface area (Å²) in [6, 6.07) is 0. The largest absolute Gasteiger partial charge is 0.379 e. The van der Waals surface area contributed by atoms with E-state index < -0.39 is 0 Å². The van der Waals surface area contributed by atoms with Crippen molar-refractivity contribution in [3.8, 4) is 0 Å². The predicted molar refractivity (Wildman–Crippen MR) is 94.1 cm³/mol. The molecular weight excluding hydrogens is 260 g/mol. The lowest BCUT2D eigenvalue weighted by Gasteiger charge is -2.38. The number of nitrogens with zero attached hydrogens (tertiary/aromatic N) is 2. The van der Waals surface area contributed by atoms with E-state index in [2.05, 4.69) is 51.3 Å². The van der Waals surface area contributed by atoms with Gasteiger partial charge >= 0.3 is 0 Å². The maximum absolute atomic E-state index is 5.25. The van der Waals surface area contributed by atoms with Gasteiger partial charge in [-0.15, -0.1) is 0 Å². The molecule has 0 aromatic heterocycles. The molecule has 2 heterocycles. The number of ether oxygens (including phenoxy) is 1. The Morgan fingerprint density at radius 1 is 0.619 bits per heavy atom. The third-order valence-corrected chi connectivity index (χ3v) is 4.26. The normalized spacial score (nSPS) is 22.0. The highest BCUT2D eigenvalue weighted by molar-refractivity contribution is 4.78. The van der Waals surface area contributed by atoms with Crippen molar-refractivity contribution in [3.63, 3.8) is 0 Å². The van der Waals surface area contributed by atoms with Crippen molar-refractivity contribution in [1.82, 2.24) is 9.80 Å². The highest BCUT2D eigenvalue weighted by Crippen LogP contribution is 2.19. The third kappa shape index (κ3) is 8.18. The summed E-state index contributed by atoms with van der Waals surface area (Å²) in [5, 5.41) is 0. The highest BCUT2D eigenvalue weighted by Gasteiger charge is 2.23. The molecule has 2 fully saturated rings. The predicted octanol–water partition coefficient (Wildman–Crippen LogP) is 4.02. The second-order valence-electron chi connectivity index (χ2n) is 7.99. The molecule has 0 aromatic rings. The van der Waals surface area contributed by atoms with Crippen LogP contribution in [0.4, 0.5) is 0 Å². The molecule has 21 heavy (non-hydrogen) atoms. The summed E-state index contributed by atoms with van der Waals surface area (Å²) in [5.74, 6) is 0. The Kier molecular flexibility index (Phi) is 9.06. The van der Waals surface area contributed by atoms with Crippen molar-refractivity contribution in [2.45, 2.75) is 79.3 Å². The molecule has 2 rings (SSSR count). The third-order valence-electron chi connectivity index (χ3n) is 4.26. The molecule has 3 heteroatoms. The van der Waals surface area contributed by atoms with Crippen LogP contribution in [0, 0.1) is 0 Å². The smallest absolute Gasteiger partial charge is 0.0594 e. The van der Waals surface area contributed by atoms with E-state index in [-0.39, 0.29) is 7.43 Å². The molecule has 2 saturated heterocycles. The number of morpholine rings is 1. The average Bonchev–Trinajstić information content (AvgIpc) is 2.40.